The summed E-state index contributed by atoms with van der Waals surface area (Å²) in [5, 5.41) is 2.87. The molecule has 0 aromatic heterocycles. The average Bonchev–Trinajstić information content (AvgIpc) is 2.47. The number of aryl methyl sites for hydroxylation is 2. The van der Waals surface area contributed by atoms with Gasteiger partial charge in [0.05, 0.1) is 0 Å². The molecule has 0 aliphatic rings. The Balaban J connectivity index is 1.99. The molecule has 1 amide bonds. The molecule has 0 spiro atoms. The summed E-state index contributed by atoms with van der Waals surface area (Å²) >= 11 is 0. The van der Waals surface area contributed by atoms with Crippen LogP contribution in [0.3, 0.4) is 0 Å². The number of nitrogens with one attached hydrogen (secondary N) is 1. The molecular weight excluding hydrogens is 246 g/mol. The van der Waals surface area contributed by atoms with Gasteiger partial charge in [0.1, 0.15) is 0 Å². The molecule has 0 saturated heterocycles. The van der Waals surface area contributed by atoms with E-state index in [0.717, 1.165) is 17.7 Å². The highest BCUT2D eigenvalue weighted by Gasteiger charge is 1.98. The van der Waals surface area contributed by atoms with Crippen molar-refractivity contribution < 1.29 is 4.79 Å². The topological polar surface area (TPSA) is 29.1 Å². The fraction of sp³-hybridized carbons (Fsp3) is 0.167. The monoisotopic (exact) mass is 265 g/mol. The predicted molar refractivity (Wildman–Crippen MR) is 84.7 cm³/mol. The van der Waals surface area contributed by atoms with Gasteiger partial charge in [-0.1, -0.05) is 48.9 Å². The van der Waals surface area contributed by atoms with Crippen molar-refractivity contribution in [3.8, 4) is 0 Å². The van der Waals surface area contributed by atoms with E-state index in [9.17, 15) is 4.79 Å². The molecule has 2 aromatic rings. The van der Waals surface area contributed by atoms with Crippen LogP contribution in [-0.4, -0.2) is 5.91 Å². The second kappa shape index (κ2) is 6.71. The second-order valence-corrected chi connectivity index (χ2v) is 4.79. The number of rotatable bonds is 4. The van der Waals surface area contributed by atoms with Crippen LogP contribution in [0.15, 0.2) is 54.6 Å². The molecule has 2 heteroatoms. The van der Waals surface area contributed by atoms with Gasteiger partial charge < -0.3 is 5.32 Å². The molecular formula is C18H19NO. The minimum Gasteiger partial charge on any atom is -0.323 e. The third-order valence-corrected chi connectivity index (χ3v) is 3.11. The molecule has 0 saturated carbocycles. The molecule has 0 radical (unpaired) electrons. The Morgan fingerprint density at radius 1 is 1.15 bits per heavy atom. The molecule has 2 aromatic carbocycles. The molecule has 0 aliphatic carbocycles. The maximum Gasteiger partial charge on any atom is 0.248 e. The van der Waals surface area contributed by atoms with Crippen molar-refractivity contribution >= 4 is 17.7 Å². The van der Waals surface area contributed by atoms with E-state index < -0.39 is 0 Å². The van der Waals surface area contributed by atoms with Crippen LogP contribution in [0, 0.1) is 6.92 Å². The van der Waals surface area contributed by atoms with Crippen LogP contribution >= 0.6 is 0 Å². The van der Waals surface area contributed by atoms with Crippen molar-refractivity contribution in [1.82, 2.24) is 0 Å². The van der Waals surface area contributed by atoms with Crippen molar-refractivity contribution in [1.29, 1.82) is 0 Å². The number of amides is 1. The Morgan fingerprint density at radius 2 is 1.90 bits per heavy atom. The molecule has 0 bridgehead atoms. The number of benzene rings is 2. The van der Waals surface area contributed by atoms with Crippen LogP contribution in [-0.2, 0) is 11.2 Å². The van der Waals surface area contributed by atoms with Crippen molar-refractivity contribution in [3.05, 3.63) is 71.3 Å². The number of carbonyl (C=O) groups is 1. The van der Waals surface area contributed by atoms with Crippen LogP contribution in [0.4, 0.5) is 5.69 Å². The summed E-state index contributed by atoms with van der Waals surface area (Å²) < 4.78 is 0. The average molecular weight is 265 g/mol. The highest BCUT2D eigenvalue weighted by Crippen LogP contribution is 2.11. The summed E-state index contributed by atoms with van der Waals surface area (Å²) in [6.45, 7) is 4.14. The van der Waals surface area contributed by atoms with E-state index >= 15 is 0 Å². The van der Waals surface area contributed by atoms with Crippen molar-refractivity contribution in [2.75, 3.05) is 5.32 Å². The van der Waals surface area contributed by atoms with Gasteiger partial charge in [-0.2, -0.15) is 0 Å². The first-order chi connectivity index (χ1) is 9.67. The molecule has 102 valence electrons. The first-order valence-corrected chi connectivity index (χ1v) is 6.82. The fourth-order valence-corrected chi connectivity index (χ4v) is 1.90. The van der Waals surface area contributed by atoms with Crippen LogP contribution in [0.5, 0.6) is 0 Å². The Kier molecular flexibility index (Phi) is 4.72. The standard InChI is InChI=1S/C18H19NO/c1-3-15-5-4-6-17(13-15)19-18(20)12-11-16-9-7-14(2)8-10-16/h4-13H,3H2,1-2H3,(H,19,20)/b12-11-. The lowest BCUT2D eigenvalue weighted by atomic mass is 10.1. The maximum absolute atomic E-state index is 11.9. The summed E-state index contributed by atoms with van der Waals surface area (Å²) in [6, 6.07) is 16.0. The Hall–Kier alpha value is -2.35. The van der Waals surface area contributed by atoms with Crippen molar-refractivity contribution in [3.63, 3.8) is 0 Å². The zero-order chi connectivity index (χ0) is 14.4. The first-order valence-electron chi connectivity index (χ1n) is 6.82. The van der Waals surface area contributed by atoms with Gasteiger partial charge in [0, 0.05) is 11.8 Å². The molecule has 2 rings (SSSR count). The van der Waals surface area contributed by atoms with E-state index in [4.69, 9.17) is 0 Å². The number of anilines is 1. The quantitative estimate of drug-likeness (QED) is 0.824. The van der Waals surface area contributed by atoms with E-state index in [2.05, 4.69) is 18.3 Å². The largest absolute Gasteiger partial charge is 0.323 e. The number of hydrogen-bond donors (Lipinski definition) is 1. The Bertz CT molecular complexity index is 612. The third-order valence-electron chi connectivity index (χ3n) is 3.11. The summed E-state index contributed by atoms with van der Waals surface area (Å²) in [5.74, 6) is -0.112. The van der Waals surface area contributed by atoms with Crippen LogP contribution < -0.4 is 5.32 Å². The molecule has 0 fully saturated rings. The first kappa shape index (κ1) is 14.1. The van der Waals surface area contributed by atoms with Crippen LogP contribution in [0.2, 0.25) is 0 Å². The highest BCUT2D eigenvalue weighted by molar-refractivity contribution is 6.01. The smallest absolute Gasteiger partial charge is 0.248 e. The van der Waals surface area contributed by atoms with Gasteiger partial charge in [0.25, 0.3) is 0 Å². The molecule has 0 atom stereocenters. The summed E-state index contributed by atoms with van der Waals surface area (Å²) in [6.07, 6.45) is 4.34. The van der Waals surface area contributed by atoms with E-state index in [1.807, 2.05) is 55.5 Å². The van der Waals surface area contributed by atoms with Gasteiger partial charge in [-0.15, -0.1) is 0 Å². The lowest BCUT2D eigenvalue weighted by Crippen LogP contribution is -2.07. The molecule has 0 aliphatic heterocycles. The summed E-state index contributed by atoms with van der Waals surface area (Å²) in [4.78, 5) is 11.9. The Labute approximate surface area is 120 Å². The summed E-state index contributed by atoms with van der Waals surface area (Å²) in [7, 11) is 0. The SMILES string of the molecule is CCc1cccc(NC(=O)/C=C\c2ccc(C)cc2)c1. The molecule has 2 nitrogen and oxygen atoms in total. The third kappa shape index (κ3) is 4.09. The lowest BCUT2D eigenvalue weighted by molar-refractivity contribution is -0.111. The van der Waals surface area contributed by atoms with Crippen LogP contribution in [0.1, 0.15) is 23.6 Å². The van der Waals surface area contributed by atoms with Gasteiger partial charge in [-0.25, -0.2) is 0 Å². The molecule has 20 heavy (non-hydrogen) atoms. The van der Waals surface area contributed by atoms with E-state index in [1.54, 1.807) is 6.08 Å². The van der Waals surface area contributed by atoms with Gasteiger partial charge in [-0.3, -0.25) is 4.79 Å². The second-order valence-electron chi connectivity index (χ2n) is 4.79. The maximum atomic E-state index is 11.9. The van der Waals surface area contributed by atoms with E-state index in [1.165, 1.54) is 11.1 Å². The molecule has 0 heterocycles. The van der Waals surface area contributed by atoms with E-state index in [-0.39, 0.29) is 5.91 Å². The summed E-state index contributed by atoms with van der Waals surface area (Å²) in [5.41, 5.74) is 4.28. The minimum atomic E-state index is -0.112. The highest BCUT2D eigenvalue weighted by atomic mass is 16.1. The zero-order valence-electron chi connectivity index (χ0n) is 11.9. The molecule has 1 N–H and O–H groups in total. The molecule has 0 unspecified atom stereocenters. The number of hydrogen-bond acceptors (Lipinski definition) is 1. The fourth-order valence-electron chi connectivity index (χ4n) is 1.90. The van der Waals surface area contributed by atoms with Crippen molar-refractivity contribution in [2.45, 2.75) is 20.3 Å². The Morgan fingerprint density at radius 3 is 2.60 bits per heavy atom. The predicted octanol–water partition coefficient (Wildman–Crippen LogP) is 4.21. The number of carbonyl (C=O) groups excluding carboxylic acids is 1. The van der Waals surface area contributed by atoms with E-state index in [0.29, 0.717) is 0 Å². The normalized spacial score (nSPS) is 10.7. The lowest BCUT2D eigenvalue weighted by Gasteiger charge is -2.04. The minimum absolute atomic E-state index is 0.112. The van der Waals surface area contributed by atoms with Gasteiger partial charge in [0.15, 0.2) is 0 Å². The van der Waals surface area contributed by atoms with Crippen LogP contribution in [0.25, 0.3) is 6.08 Å². The van der Waals surface area contributed by atoms with Crippen molar-refractivity contribution in [2.24, 2.45) is 0 Å². The van der Waals surface area contributed by atoms with Gasteiger partial charge >= 0.3 is 0 Å². The van der Waals surface area contributed by atoms with Gasteiger partial charge in [-0.05, 0) is 42.7 Å². The van der Waals surface area contributed by atoms with Gasteiger partial charge in [0.2, 0.25) is 5.91 Å². The zero-order valence-corrected chi connectivity index (χ0v) is 11.9.